The first-order valence-corrected chi connectivity index (χ1v) is 7.92. The van der Waals surface area contributed by atoms with E-state index in [4.69, 9.17) is 5.26 Å². The van der Waals surface area contributed by atoms with Crippen LogP contribution in [0.5, 0.6) is 0 Å². The van der Waals surface area contributed by atoms with Crippen molar-refractivity contribution in [2.24, 2.45) is 0 Å². The molecule has 0 saturated carbocycles. The largest absolute Gasteiger partial charge is 0.340 e. The Morgan fingerprint density at radius 1 is 1.04 bits per heavy atom. The zero-order valence-electron chi connectivity index (χ0n) is 14.1. The molecular weight excluding hydrogens is 310 g/mol. The number of nitriles is 1. The van der Waals surface area contributed by atoms with Gasteiger partial charge in [0.15, 0.2) is 5.78 Å². The van der Waals surface area contributed by atoms with Gasteiger partial charge in [0.1, 0.15) is 5.82 Å². The number of rotatable bonds is 4. The van der Waals surface area contributed by atoms with Gasteiger partial charge in [-0.2, -0.15) is 5.26 Å². The van der Waals surface area contributed by atoms with Crippen molar-refractivity contribution in [1.82, 2.24) is 4.98 Å². The van der Waals surface area contributed by atoms with Crippen LogP contribution >= 0.6 is 0 Å². The molecule has 0 aliphatic rings. The van der Waals surface area contributed by atoms with Crippen LogP contribution in [0.1, 0.15) is 32.6 Å². The van der Waals surface area contributed by atoms with Gasteiger partial charge in [-0.1, -0.05) is 17.2 Å². The average Bonchev–Trinajstić information content (AvgIpc) is 2.61. The zero-order valence-corrected chi connectivity index (χ0v) is 14.1. The topological polar surface area (TPSA) is 65.8 Å². The van der Waals surface area contributed by atoms with Crippen molar-refractivity contribution in [1.29, 1.82) is 5.26 Å². The highest BCUT2D eigenvalue weighted by Gasteiger charge is 2.15. The molecule has 25 heavy (non-hydrogen) atoms. The molecule has 0 amide bonds. The van der Waals surface area contributed by atoms with Crippen LogP contribution in [0.15, 0.2) is 60.8 Å². The molecule has 0 aliphatic carbocycles. The summed E-state index contributed by atoms with van der Waals surface area (Å²) >= 11 is 0. The predicted octanol–water partition coefficient (Wildman–Crippen LogP) is 4.54. The Labute approximate surface area is 146 Å². The van der Waals surface area contributed by atoms with Crippen molar-refractivity contribution >= 4 is 17.3 Å². The minimum atomic E-state index is -0.0731. The minimum Gasteiger partial charge on any atom is -0.340 e. The molecule has 0 bridgehead atoms. The van der Waals surface area contributed by atoms with Gasteiger partial charge in [0.2, 0.25) is 0 Å². The smallest absolute Gasteiger partial charge is 0.196 e. The summed E-state index contributed by atoms with van der Waals surface area (Å²) in [6, 6.07) is 18.4. The second-order valence-electron chi connectivity index (χ2n) is 5.92. The molecule has 4 heteroatoms. The maximum atomic E-state index is 12.9. The number of aromatic nitrogens is 1. The second-order valence-corrected chi connectivity index (χ2v) is 5.92. The summed E-state index contributed by atoms with van der Waals surface area (Å²) in [4.78, 5) is 17.3. The number of nitrogens with one attached hydrogen (secondary N) is 1. The molecule has 0 atom stereocenters. The Hall–Kier alpha value is -3.45. The van der Waals surface area contributed by atoms with Gasteiger partial charge < -0.3 is 5.32 Å². The minimum absolute atomic E-state index is 0.0731. The van der Waals surface area contributed by atoms with Crippen LogP contribution in [0.4, 0.5) is 11.5 Å². The Balaban J connectivity index is 1.95. The summed E-state index contributed by atoms with van der Waals surface area (Å²) in [5.41, 5.74) is 4.61. The fraction of sp³-hybridized carbons (Fsp3) is 0.0952. The van der Waals surface area contributed by atoms with Crippen molar-refractivity contribution in [3.05, 3.63) is 88.6 Å². The third-order valence-corrected chi connectivity index (χ3v) is 3.81. The summed E-state index contributed by atoms with van der Waals surface area (Å²) < 4.78 is 0. The van der Waals surface area contributed by atoms with Crippen molar-refractivity contribution in [3.8, 4) is 6.07 Å². The number of hydrogen-bond acceptors (Lipinski definition) is 4. The van der Waals surface area contributed by atoms with E-state index < -0.39 is 0 Å². The molecule has 0 unspecified atom stereocenters. The molecule has 0 spiro atoms. The van der Waals surface area contributed by atoms with Crippen molar-refractivity contribution in [3.63, 3.8) is 0 Å². The first-order chi connectivity index (χ1) is 12.1. The number of anilines is 2. The fourth-order valence-corrected chi connectivity index (χ4v) is 2.71. The van der Waals surface area contributed by atoms with E-state index in [2.05, 4.69) is 16.4 Å². The number of benzene rings is 2. The van der Waals surface area contributed by atoms with Gasteiger partial charge in [0, 0.05) is 17.4 Å². The summed E-state index contributed by atoms with van der Waals surface area (Å²) in [6.45, 7) is 3.95. The van der Waals surface area contributed by atoms with E-state index in [1.54, 1.807) is 42.6 Å². The van der Waals surface area contributed by atoms with Gasteiger partial charge in [0.05, 0.1) is 17.2 Å². The van der Waals surface area contributed by atoms with E-state index in [1.807, 2.05) is 32.0 Å². The number of aryl methyl sites for hydroxylation is 2. The van der Waals surface area contributed by atoms with Gasteiger partial charge in [-0.05, 0) is 62.4 Å². The zero-order chi connectivity index (χ0) is 17.8. The highest BCUT2D eigenvalue weighted by Crippen LogP contribution is 2.22. The van der Waals surface area contributed by atoms with Crippen LogP contribution in [0.3, 0.4) is 0 Å². The molecule has 2 aromatic carbocycles. The number of nitrogens with zero attached hydrogens (tertiary/aromatic N) is 2. The third kappa shape index (κ3) is 3.73. The molecule has 4 nitrogen and oxygen atoms in total. The third-order valence-electron chi connectivity index (χ3n) is 3.81. The van der Waals surface area contributed by atoms with E-state index in [0.29, 0.717) is 22.5 Å². The molecule has 1 aromatic heterocycles. The number of pyridine rings is 1. The maximum absolute atomic E-state index is 12.9. The van der Waals surface area contributed by atoms with Crippen LogP contribution < -0.4 is 5.32 Å². The SMILES string of the molecule is Cc1cc(C)cc(C(=O)c2cccnc2Nc2ccc(C#N)cc2)c1. The van der Waals surface area contributed by atoms with E-state index in [0.717, 1.165) is 16.8 Å². The van der Waals surface area contributed by atoms with Crippen LogP contribution in [-0.2, 0) is 0 Å². The Bertz CT molecular complexity index is 949. The molecule has 0 radical (unpaired) electrons. The van der Waals surface area contributed by atoms with Crippen LogP contribution in [0, 0.1) is 25.2 Å². The van der Waals surface area contributed by atoms with Gasteiger partial charge in [0.25, 0.3) is 0 Å². The monoisotopic (exact) mass is 327 g/mol. The molecule has 1 heterocycles. The Kier molecular flexibility index (Phi) is 4.58. The quantitative estimate of drug-likeness (QED) is 0.714. The van der Waals surface area contributed by atoms with Crippen molar-refractivity contribution in [2.45, 2.75) is 13.8 Å². The lowest BCUT2D eigenvalue weighted by Gasteiger charge is -2.11. The van der Waals surface area contributed by atoms with E-state index in [1.165, 1.54) is 0 Å². The normalized spacial score (nSPS) is 10.1. The van der Waals surface area contributed by atoms with E-state index in [9.17, 15) is 4.79 Å². The molecular formula is C21H17N3O. The van der Waals surface area contributed by atoms with Crippen LogP contribution in [-0.4, -0.2) is 10.8 Å². The number of ketones is 1. The van der Waals surface area contributed by atoms with Crippen LogP contribution in [0.25, 0.3) is 0 Å². The van der Waals surface area contributed by atoms with E-state index in [-0.39, 0.29) is 5.78 Å². The molecule has 3 rings (SSSR count). The average molecular weight is 327 g/mol. The Morgan fingerprint density at radius 2 is 1.72 bits per heavy atom. The Morgan fingerprint density at radius 3 is 2.36 bits per heavy atom. The second kappa shape index (κ2) is 6.98. The lowest BCUT2D eigenvalue weighted by atomic mass is 10.00. The standard InChI is InChI=1S/C21H17N3O/c1-14-10-15(2)12-17(11-14)20(25)19-4-3-9-23-21(19)24-18-7-5-16(13-22)6-8-18/h3-12H,1-2H3,(H,23,24). The van der Waals surface area contributed by atoms with Crippen LogP contribution in [0.2, 0.25) is 0 Å². The summed E-state index contributed by atoms with van der Waals surface area (Å²) in [7, 11) is 0. The molecule has 0 aliphatic heterocycles. The van der Waals surface area contributed by atoms with Gasteiger partial charge >= 0.3 is 0 Å². The van der Waals surface area contributed by atoms with Gasteiger partial charge in [-0.25, -0.2) is 4.98 Å². The highest BCUT2D eigenvalue weighted by molar-refractivity contribution is 6.12. The summed E-state index contributed by atoms with van der Waals surface area (Å²) in [5, 5.41) is 12.0. The fourth-order valence-electron chi connectivity index (χ4n) is 2.71. The lowest BCUT2D eigenvalue weighted by molar-refractivity contribution is 0.103. The van der Waals surface area contributed by atoms with Gasteiger partial charge in [-0.15, -0.1) is 0 Å². The van der Waals surface area contributed by atoms with Crippen molar-refractivity contribution in [2.75, 3.05) is 5.32 Å². The number of carbonyl (C=O) groups excluding carboxylic acids is 1. The number of hydrogen-bond donors (Lipinski definition) is 1. The van der Waals surface area contributed by atoms with E-state index >= 15 is 0 Å². The molecule has 1 N–H and O–H groups in total. The molecule has 122 valence electrons. The summed E-state index contributed by atoms with van der Waals surface area (Å²) in [5.74, 6) is 0.424. The van der Waals surface area contributed by atoms with Gasteiger partial charge in [-0.3, -0.25) is 4.79 Å². The number of carbonyl (C=O) groups is 1. The molecule has 0 saturated heterocycles. The van der Waals surface area contributed by atoms with Crippen molar-refractivity contribution < 1.29 is 4.79 Å². The summed E-state index contributed by atoms with van der Waals surface area (Å²) in [6.07, 6.45) is 1.64. The molecule has 0 fully saturated rings. The maximum Gasteiger partial charge on any atom is 0.196 e. The predicted molar refractivity (Wildman–Crippen MR) is 98.0 cm³/mol. The lowest BCUT2D eigenvalue weighted by Crippen LogP contribution is -2.07. The first kappa shape index (κ1) is 16.4. The first-order valence-electron chi connectivity index (χ1n) is 7.92. The molecule has 3 aromatic rings. The highest BCUT2D eigenvalue weighted by atomic mass is 16.1.